The van der Waals surface area contributed by atoms with Gasteiger partial charge in [0.25, 0.3) is 5.91 Å². The highest BCUT2D eigenvalue weighted by Crippen LogP contribution is 2.39. The molecule has 1 aromatic carbocycles. The number of anilines is 2. The molecule has 9 nitrogen and oxygen atoms in total. The molecule has 1 fully saturated rings. The Morgan fingerprint density at radius 3 is 2.82 bits per heavy atom. The van der Waals surface area contributed by atoms with Gasteiger partial charge in [-0.25, -0.2) is 9.97 Å². The topological polar surface area (TPSA) is 119 Å². The van der Waals surface area contributed by atoms with Crippen LogP contribution in [-0.2, 0) is 11.2 Å². The molecule has 4 heterocycles. The van der Waals surface area contributed by atoms with Gasteiger partial charge < -0.3 is 16.0 Å². The second-order valence-electron chi connectivity index (χ2n) is 9.19. The first-order valence-electron chi connectivity index (χ1n) is 12.5. The number of piperidine rings is 1. The Kier molecular flexibility index (Phi) is 7.11. The summed E-state index contributed by atoms with van der Waals surface area (Å²) in [7, 11) is 0. The molecule has 5 rings (SSSR count). The molecule has 1 aliphatic heterocycles. The van der Waals surface area contributed by atoms with Crippen LogP contribution in [0.15, 0.2) is 61.4 Å². The molecule has 3 aromatic heterocycles. The van der Waals surface area contributed by atoms with Crippen molar-refractivity contribution in [2.45, 2.75) is 32.2 Å². The van der Waals surface area contributed by atoms with E-state index in [-0.39, 0.29) is 17.9 Å². The molecule has 0 saturated carbocycles. The zero-order valence-electron chi connectivity index (χ0n) is 21.0. The van der Waals surface area contributed by atoms with Gasteiger partial charge in [0.15, 0.2) is 0 Å². The van der Waals surface area contributed by atoms with E-state index in [1.807, 2.05) is 4.68 Å². The number of amides is 2. The van der Waals surface area contributed by atoms with Gasteiger partial charge in [-0.1, -0.05) is 37.2 Å². The number of nitrogens with zero attached hydrogens (tertiary/aromatic N) is 5. The highest BCUT2D eigenvalue weighted by atomic mass is 35.5. The molecular formula is C28H28ClN7O2. The van der Waals surface area contributed by atoms with Crippen molar-refractivity contribution in [3.05, 3.63) is 77.6 Å². The van der Waals surface area contributed by atoms with Gasteiger partial charge in [-0.15, -0.1) is 0 Å². The van der Waals surface area contributed by atoms with Crippen LogP contribution >= 0.6 is 11.6 Å². The number of rotatable bonds is 6. The molecule has 2 amide bonds. The summed E-state index contributed by atoms with van der Waals surface area (Å²) in [6, 6.07) is 10.3. The highest BCUT2D eigenvalue weighted by molar-refractivity contribution is 6.34. The number of nitrogen functional groups attached to an aromatic ring is 1. The number of carbonyl (C=O) groups excluding carboxylic acids is 2. The summed E-state index contributed by atoms with van der Waals surface area (Å²) >= 11 is 6.75. The lowest BCUT2D eigenvalue weighted by molar-refractivity contribution is -0.127. The van der Waals surface area contributed by atoms with Crippen molar-refractivity contribution in [3.8, 4) is 11.3 Å². The van der Waals surface area contributed by atoms with Crippen molar-refractivity contribution in [2.75, 3.05) is 24.1 Å². The van der Waals surface area contributed by atoms with Gasteiger partial charge in [-0.05, 0) is 55.2 Å². The smallest absolute Gasteiger partial charge is 0.256 e. The maximum Gasteiger partial charge on any atom is 0.256 e. The molecule has 1 aliphatic rings. The lowest BCUT2D eigenvalue weighted by Crippen LogP contribution is -2.40. The first kappa shape index (κ1) is 25.4. The number of nitrogens with two attached hydrogens (primary N) is 1. The van der Waals surface area contributed by atoms with Gasteiger partial charge in [-0.3, -0.25) is 14.3 Å². The molecule has 0 aliphatic carbocycles. The maximum atomic E-state index is 12.8. The number of aryl methyl sites for hydroxylation is 1. The molecular weight excluding hydrogens is 502 g/mol. The number of halogens is 1. The fourth-order valence-corrected chi connectivity index (χ4v) is 5.20. The number of benzene rings is 1. The number of nitrogens with one attached hydrogen (secondary N) is 1. The number of aromatic nitrogens is 4. The number of pyridine rings is 2. The van der Waals surface area contributed by atoms with E-state index < -0.39 is 0 Å². The fourth-order valence-electron chi connectivity index (χ4n) is 4.93. The van der Waals surface area contributed by atoms with Crippen molar-refractivity contribution < 1.29 is 9.59 Å². The summed E-state index contributed by atoms with van der Waals surface area (Å²) < 4.78 is 1.97. The summed E-state index contributed by atoms with van der Waals surface area (Å²) in [4.78, 5) is 35.5. The summed E-state index contributed by atoms with van der Waals surface area (Å²) in [6.07, 6.45) is 7.18. The van der Waals surface area contributed by atoms with Crippen molar-refractivity contribution in [1.82, 2.24) is 24.6 Å². The van der Waals surface area contributed by atoms with E-state index in [4.69, 9.17) is 22.4 Å². The Balaban J connectivity index is 1.57. The second-order valence-corrected chi connectivity index (χ2v) is 9.59. The lowest BCUT2D eigenvalue weighted by atomic mass is 10.0. The molecule has 1 atom stereocenters. The zero-order valence-corrected chi connectivity index (χ0v) is 21.8. The summed E-state index contributed by atoms with van der Waals surface area (Å²) in [5.74, 6) is 0.383. The standard InChI is InChI=1S/C28H28ClN7O2/c1-3-17-15-32-27(30)24-25(34-36(26(17)24)19-8-7-13-35(16-19)23(37)4-2)20-11-10-18(14-21(20)29)28(38)33-22-9-5-6-12-31-22/h4-6,9-12,14-15,19H,2-3,7-8,13,16H2,1H3,(H2,30,32)(H,31,33,38). The monoisotopic (exact) mass is 529 g/mol. The number of hydrogen-bond donors (Lipinski definition) is 2. The Hall–Kier alpha value is -4.24. The van der Waals surface area contributed by atoms with E-state index in [0.717, 1.165) is 30.3 Å². The Morgan fingerprint density at radius 2 is 2.11 bits per heavy atom. The largest absolute Gasteiger partial charge is 0.383 e. The van der Waals surface area contributed by atoms with E-state index >= 15 is 0 Å². The van der Waals surface area contributed by atoms with E-state index in [9.17, 15) is 9.59 Å². The lowest BCUT2D eigenvalue weighted by Gasteiger charge is -2.32. The molecule has 0 bridgehead atoms. The molecule has 0 spiro atoms. The van der Waals surface area contributed by atoms with Crippen molar-refractivity contribution in [1.29, 1.82) is 0 Å². The van der Waals surface area contributed by atoms with Crippen LogP contribution in [0.25, 0.3) is 22.2 Å². The quantitative estimate of drug-likeness (QED) is 0.343. The summed E-state index contributed by atoms with van der Waals surface area (Å²) in [5, 5.41) is 8.85. The molecule has 0 radical (unpaired) electrons. The Morgan fingerprint density at radius 1 is 1.26 bits per heavy atom. The van der Waals surface area contributed by atoms with Crippen LogP contribution in [0.5, 0.6) is 0 Å². The van der Waals surface area contributed by atoms with Gasteiger partial charge in [0.05, 0.1) is 22.0 Å². The number of hydrogen-bond acceptors (Lipinski definition) is 6. The van der Waals surface area contributed by atoms with Crippen LogP contribution in [0.4, 0.5) is 11.6 Å². The van der Waals surface area contributed by atoms with E-state index in [1.54, 1.807) is 53.7 Å². The normalized spacial score (nSPS) is 15.4. The number of carbonyl (C=O) groups is 2. The molecule has 4 aromatic rings. The van der Waals surface area contributed by atoms with Crippen LogP contribution < -0.4 is 11.1 Å². The Labute approximate surface area is 225 Å². The van der Waals surface area contributed by atoms with Crippen LogP contribution in [0, 0.1) is 0 Å². The third kappa shape index (κ3) is 4.72. The minimum absolute atomic E-state index is 0.0433. The van der Waals surface area contributed by atoms with Crippen molar-refractivity contribution >= 4 is 46.0 Å². The van der Waals surface area contributed by atoms with Gasteiger partial charge in [0, 0.05) is 36.6 Å². The third-order valence-corrected chi connectivity index (χ3v) is 7.15. The van der Waals surface area contributed by atoms with E-state index in [1.165, 1.54) is 6.08 Å². The Bertz CT molecular complexity index is 1530. The third-order valence-electron chi connectivity index (χ3n) is 6.83. The predicted octanol–water partition coefficient (Wildman–Crippen LogP) is 4.89. The average molecular weight is 530 g/mol. The molecule has 3 N–H and O–H groups in total. The fraction of sp³-hybridized carbons (Fsp3) is 0.250. The average Bonchev–Trinajstić information content (AvgIpc) is 3.35. The molecule has 1 unspecified atom stereocenters. The van der Waals surface area contributed by atoms with Gasteiger partial charge in [-0.2, -0.15) is 5.10 Å². The molecule has 1 saturated heterocycles. The van der Waals surface area contributed by atoms with E-state index in [2.05, 4.69) is 28.8 Å². The second kappa shape index (κ2) is 10.6. The van der Waals surface area contributed by atoms with E-state index in [0.29, 0.717) is 52.0 Å². The van der Waals surface area contributed by atoms with Crippen LogP contribution in [-0.4, -0.2) is 49.6 Å². The van der Waals surface area contributed by atoms with Crippen molar-refractivity contribution in [2.24, 2.45) is 0 Å². The maximum absolute atomic E-state index is 12.8. The van der Waals surface area contributed by atoms with Crippen LogP contribution in [0.1, 0.15) is 41.7 Å². The number of fused-ring (bicyclic) bond motifs is 1. The predicted molar refractivity (Wildman–Crippen MR) is 149 cm³/mol. The molecule has 38 heavy (non-hydrogen) atoms. The summed E-state index contributed by atoms with van der Waals surface area (Å²) in [5.41, 5.74) is 9.93. The minimum atomic E-state index is -0.323. The van der Waals surface area contributed by atoms with Crippen molar-refractivity contribution in [3.63, 3.8) is 0 Å². The highest BCUT2D eigenvalue weighted by Gasteiger charge is 2.29. The molecule has 194 valence electrons. The number of likely N-dealkylation sites (tertiary alicyclic amines) is 1. The first-order valence-corrected chi connectivity index (χ1v) is 12.9. The van der Waals surface area contributed by atoms with Crippen LogP contribution in [0.3, 0.4) is 0 Å². The summed E-state index contributed by atoms with van der Waals surface area (Å²) in [6.45, 7) is 6.90. The first-order chi connectivity index (χ1) is 18.4. The van der Waals surface area contributed by atoms with Gasteiger partial charge in [0.1, 0.15) is 17.3 Å². The van der Waals surface area contributed by atoms with Gasteiger partial charge in [0.2, 0.25) is 5.91 Å². The SMILES string of the molecule is C=CC(=O)N1CCCC(n2nc(-c3ccc(C(=O)Nc4ccccn4)cc3Cl)c3c(N)ncc(CC)c32)C1. The van der Waals surface area contributed by atoms with Gasteiger partial charge >= 0.3 is 0 Å². The molecule has 10 heteroatoms. The minimum Gasteiger partial charge on any atom is -0.383 e. The van der Waals surface area contributed by atoms with Crippen LogP contribution in [0.2, 0.25) is 5.02 Å². The zero-order chi connectivity index (χ0) is 26.8.